The third-order valence-electron chi connectivity index (χ3n) is 3.44. The molecule has 2 aromatic carbocycles. The molecule has 1 atom stereocenters. The zero-order valence-electron chi connectivity index (χ0n) is 13.7. The Morgan fingerprint density at radius 1 is 0.960 bits per heavy atom. The lowest BCUT2D eigenvalue weighted by Gasteiger charge is -2.21. The Kier molecular flexibility index (Phi) is 7.38. The van der Waals surface area contributed by atoms with E-state index in [9.17, 15) is 13.2 Å². The van der Waals surface area contributed by atoms with Crippen LogP contribution in [0.4, 0.5) is 13.2 Å². The average molecular weight is 378 g/mol. The van der Waals surface area contributed by atoms with Crippen LogP contribution in [0.15, 0.2) is 42.5 Å². The average Bonchev–Trinajstić information content (AvgIpc) is 2.58. The molecule has 0 fully saturated rings. The summed E-state index contributed by atoms with van der Waals surface area (Å²) in [6.07, 6.45) is -4.61. The maximum atomic E-state index is 13.0. The van der Waals surface area contributed by atoms with Crippen molar-refractivity contribution in [2.24, 2.45) is 5.73 Å². The topological polar surface area (TPSA) is 53.7 Å². The highest BCUT2D eigenvalue weighted by Crippen LogP contribution is 2.41. The molecule has 0 aliphatic heterocycles. The summed E-state index contributed by atoms with van der Waals surface area (Å²) < 4.78 is 54.9. The van der Waals surface area contributed by atoms with Crippen LogP contribution in [0, 0.1) is 0 Å². The molecule has 0 radical (unpaired) electrons. The molecule has 0 aliphatic carbocycles. The van der Waals surface area contributed by atoms with E-state index in [1.54, 1.807) is 0 Å². The smallest absolute Gasteiger partial charge is 0.407 e. The second-order valence-corrected chi connectivity index (χ2v) is 5.04. The Bertz CT molecular complexity index is 681. The minimum absolute atomic E-state index is 0. The van der Waals surface area contributed by atoms with Crippen molar-refractivity contribution < 1.29 is 27.4 Å². The number of alkyl halides is 3. The van der Waals surface area contributed by atoms with E-state index in [4.69, 9.17) is 19.9 Å². The van der Waals surface area contributed by atoms with Crippen LogP contribution in [0.1, 0.15) is 17.2 Å². The summed E-state index contributed by atoms with van der Waals surface area (Å²) >= 11 is 0. The molecule has 0 aliphatic rings. The van der Waals surface area contributed by atoms with Gasteiger partial charge in [-0.05, 0) is 11.6 Å². The predicted octanol–water partition coefficient (Wildman–Crippen LogP) is 4.27. The third-order valence-corrected chi connectivity index (χ3v) is 3.44. The molecule has 2 N–H and O–H groups in total. The molecular formula is C17H19ClF3NO3. The van der Waals surface area contributed by atoms with E-state index in [0.29, 0.717) is 0 Å². The molecule has 8 heteroatoms. The molecule has 0 saturated heterocycles. The molecule has 0 unspecified atom stereocenters. The lowest BCUT2D eigenvalue weighted by atomic mass is 10.0. The van der Waals surface area contributed by atoms with Gasteiger partial charge in [-0.3, -0.25) is 0 Å². The second kappa shape index (κ2) is 8.82. The molecule has 0 spiro atoms. The Morgan fingerprint density at radius 2 is 1.52 bits per heavy atom. The van der Waals surface area contributed by atoms with Crippen molar-refractivity contribution in [3.8, 4) is 17.2 Å². The highest BCUT2D eigenvalue weighted by atomic mass is 35.5. The van der Waals surface area contributed by atoms with Gasteiger partial charge in [-0.15, -0.1) is 12.4 Å². The number of hydrogen-bond donors (Lipinski definition) is 1. The monoisotopic (exact) mass is 377 g/mol. The first-order chi connectivity index (χ1) is 11.4. The Labute approximate surface area is 150 Å². The fourth-order valence-electron chi connectivity index (χ4n) is 2.16. The maximum Gasteiger partial charge on any atom is 0.407 e. The van der Waals surface area contributed by atoms with Gasteiger partial charge in [0, 0.05) is 11.6 Å². The SMILES string of the molecule is COc1cc(OCc2ccccc2)c([C@H](N)C(F)(F)F)cc1OC.Cl. The highest BCUT2D eigenvalue weighted by molar-refractivity contribution is 5.85. The fraction of sp³-hybridized carbons (Fsp3) is 0.294. The van der Waals surface area contributed by atoms with Crippen molar-refractivity contribution in [2.75, 3.05) is 14.2 Å². The van der Waals surface area contributed by atoms with E-state index in [1.165, 1.54) is 26.4 Å². The summed E-state index contributed by atoms with van der Waals surface area (Å²) in [7, 11) is 2.73. The van der Waals surface area contributed by atoms with Crippen molar-refractivity contribution in [3.63, 3.8) is 0 Å². The normalized spacial score (nSPS) is 12.1. The Morgan fingerprint density at radius 3 is 2.04 bits per heavy atom. The fourth-order valence-corrected chi connectivity index (χ4v) is 2.16. The van der Waals surface area contributed by atoms with Crippen LogP contribution in [-0.2, 0) is 6.61 Å². The van der Waals surface area contributed by atoms with Crippen LogP contribution in [-0.4, -0.2) is 20.4 Å². The van der Waals surface area contributed by atoms with Crippen molar-refractivity contribution >= 4 is 12.4 Å². The van der Waals surface area contributed by atoms with Crippen molar-refractivity contribution in [3.05, 3.63) is 53.6 Å². The third kappa shape index (κ3) is 5.17. The second-order valence-electron chi connectivity index (χ2n) is 5.04. The van der Waals surface area contributed by atoms with E-state index in [1.807, 2.05) is 30.3 Å². The summed E-state index contributed by atoms with van der Waals surface area (Å²) in [4.78, 5) is 0. The number of methoxy groups -OCH3 is 2. The van der Waals surface area contributed by atoms with Gasteiger partial charge in [-0.1, -0.05) is 30.3 Å². The van der Waals surface area contributed by atoms with E-state index < -0.39 is 12.2 Å². The first kappa shape index (κ1) is 20.9. The molecule has 4 nitrogen and oxygen atoms in total. The Hall–Kier alpha value is -2.12. The lowest BCUT2D eigenvalue weighted by Crippen LogP contribution is -2.29. The molecule has 0 amide bonds. The summed E-state index contributed by atoms with van der Waals surface area (Å²) in [5.41, 5.74) is 5.96. The van der Waals surface area contributed by atoms with Crippen LogP contribution in [0.5, 0.6) is 17.2 Å². The number of benzene rings is 2. The summed E-state index contributed by atoms with van der Waals surface area (Å²) in [6, 6.07) is 9.44. The van der Waals surface area contributed by atoms with Gasteiger partial charge >= 0.3 is 6.18 Å². The quantitative estimate of drug-likeness (QED) is 0.817. The summed E-state index contributed by atoms with van der Waals surface area (Å²) in [5, 5.41) is 0. The molecule has 0 saturated carbocycles. The van der Waals surface area contributed by atoms with Gasteiger partial charge in [0.05, 0.1) is 14.2 Å². The minimum atomic E-state index is -4.61. The van der Waals surface area contributed by atoms with Crippen molar-refractivity contribution in [1.82, 2.24) is 0 Å². The van der Waals surface area contributed by atoms with Crippen LogP contribution in [0.2, 0.25) is 0 Å². The molecule has 0 aromatic heterocycles. The highest BCUT2D eigenvalue weighted by Gasteiger charge is 2.40. The van der Waals surface area contributed by atoms with Gasteiger partial charge in [-0.25, -0.2) is 0 Å². The predicted molar refractivity (Wildman–Crippen MR) is 90.6 cm³/mol. The number of ether oxygens (including phenoxy) is 3. The van der Waals surface area contributed by atoms with E-state index in [2.05, 4.69) is 0 Å². The molecule has 0 heterocycles. The molecular weight excluding hydrogens is 359 g/mol. The zero-order valence-corrected chi connectivity index (χ0v) is 14.5. The van der Waals surface area contributed by atoms with Gasteiger partial charge in [-0.2, -0.15) is 13.2 Å². The number of halogens is 4. The number of rotatable bonds is 6. The van der Waals surface area contributed by atoms with Crippen LogP contribution < -0.4 is 19.9 Å². The van der Waals surface area contributed by atoms with Gasteiger partial charge < -0.3 is 19.9 Å². The van der Waals surface area contributed by atoms with Crippen LogP contribution in [0.25, 0.3) is 0 Å². The first-order valence-electron chi connectivity index (χ1n) is 7.11. The molecule has 2 aromatic rings. The van der Waals surface area contributed by atoms with Crippen LogP contribution >= 0.6 is 12.4 Å². The number of hydrogen-bond acceptors (Lipinski definition) is 4. The first-order valence-corrected chi connectivity index (χ1v) is 7.11. The summed E-state index contributed by atoms with van der Waals surface area (Å²) in [5.74, 6) is 0.416. The standard InChI is InChI=1S/C17H18F3NO3.ClH/c1-22-14-8-12(16(21)17(18,19)20)13(9-15(14)23-2)24-10-11-6-4-3-5-7-11;/h3-9,16H,10,21H2,1-2H3;1H/t16-;/m0./s1. The Balaban J connectivity index is 0.00000312. The van der Waals surface area contributed by atoms with E-state index >= 15 is 0 Å². The lowest BCUT2D eigenvalue weighted by molar-refractivity contribution is -0.149. The molecule has 138 valence electrons. The van der Waals surface area contributed by atoms with Gasteiger partial charge in [0.2, 0.25) is 0 Å². The van der Waals surface area contributed by atoms with Crippen LogP contribution in [0.3, 0.4) is 0 Å². The largest absolute Gasteiger partial charge is 0.493 e. The van der Waals surface area contributed by atoms with Gasteiger partial charge in [0.25, 0.3) is 0 Å². The molecule has 25 heavy (non-hydrogen) atoms. The summed E-state index contributed by atoms with van der Waals surface area (Å²) in [6.45, 7) is 0.105. The molecule has 0 bridgehead atoms. The van der Waals surface area contributed by atoms with Gasteiger partial charge in [0.15, 0.2) is 11.5 Å². The van der Waals surface area contributed by atoms with Crippen molar-refractivity contribution in [1.29, 1.82) is 0 Å². The maximum absolute atomic E-state index is 13.0. The zero-order chi connectivity index (χ0) is 17.7. The van der Waals surface area contributed by atoms with E-state index in [0.717, 1.165) is 5.56 Å². The minimum Gasteiger partial charge on any atom is -0.493 e. The van der Waals surface area contributed by atoms with E-state index in [-0.39, 0.29) is 41.8 Å². The van der Waals surface area contributed by atoms with Crippen molar-refractivity contribution in [2.45, 2.75) is 18.8 Å². The molecule has 2 rings (SSSR count). The van der Waals surface area contributed by atoms with Gasteiger partial charge in [0.1, 0.15) is 18.4 Å². The number of nitrogens with two attached hydrogens (primary N) is 1.